The molecule has 6 nitrogen and oxygen atoms in total. The summed E-state index contributed by atoms with van der Waals surface area (Å²) in [6.07, 6.45) is 5.87. The molecule has 2 aromatic rings. The van der Waals surface area contributed by atoms with Crippen LogP contribution < -0.4 is 10.6 Å². The van der Waals surface area contributed by atoms with Crippen molar-refractivity contribution in [1.29, 1.82) is 0 Å². The molecule has 1 aromatic heterocycles. The van der Waals surface area contributed by atoms with Gasteiger partial charge in [-0.05, 0) is 31.9 Å². The monoisotopic (exact) mass is 314 g/mol. The van der Waals surface area contributed by atoms with Crippen molar-refractivity contribution in [2.75, 3.05) is 6.61 Å². The van der Waals surface area contributed by atoms with Crippen LogP contribution >= 0.6 is 0 Å². The van der Waals surface area contributed by atoms with Crippen LogP contribution in [0, 0.1) is 0 Å². The van der Waals surface area contributed by atoms with E-state index < -0.39 is 0 Å². The van der Waals surface area contributed by atoms with E-state index in [4.69, 9.17) is 4.74 Å². The third kappa shape index (κ3) is 4.10. The molecule has 1 saturated heterocycles. The largest absolute Gasteiger partial charge is 0.376 e. The highest BCUT2D eigenvalue weighted by Gasteiger charge is 2.23. The van der Waals surface area contributed by atoms with E-state index in [1.807, 2.05) is 43.5 Å². The zero-order valence-corrected chi connectivity index (χ0v) is 13.2. The van der Waals surface area contributed by atoms with Gasteiger partial charge in [-0.1, -0.05) is 18.2 Å². The number of para-hydroxylation sites is 1. The van der Waals surface area contributed by atoms with Gasteiger partial charge in [0.15, 0.2) is 0 Å². The zero-order valence-electron chi connectivity index (χ0n) is 13.2. The van der Waals surface area contributed by atoms with Crippen molar-refractivity contribution in [3.05, 3.63) is 48.3 Å². The maximum Gasteiger partial charge on any atom is 0.315 e. The first-order valence-corrected chi connectivity index (χ1v) is 7.97. The minimum Gasteiger partial charge on any atom is -0.376 e. The number of benzene rings is 1. The predicted octanol–water partition coefficient (Wildman–Crippen LogP) is 2.24. The summed E-state index contributed by atoms with van der Waals surface area (Å²) in [7, 11) is 0. The second kappa shape index (κ2) is 7.28. The van der Waals surface area contributed by atoms with Gasteiger partial charge in [-0.2, -0.15) is 5.10 Å². The molecule has 1 fully saturated rings. The van der Waals surface area contributed by atoms with Gasteiger partial charge in [0.25, 0.3) is 0 Å². The number of urea groups is 1. The maximum absolute atomic E-state index is 12.0. The molecule has 0 aliphatic carbocycles. The highest BCUT2D eigenvalue weighted by atomic mass is 16.5. The van der Waals surface area contributed by atoms with E-state index in [1.54, 1.807) is 10.9 Å². The number of rotatable bonds is 5. The van der Waals surface area contributed by atoms with Gasteiger partial charge in [-0.25, -0.2) is 9.48 Å². The third-order valence-electron chi connectivity index (χ3n) is 3.99. The summed E-state index contributed by atoms with van der Waals surface area (Å²) in [5, 5.41) is 10.1. The van der Waals surface area contributed by atoms with Gasteiger partial charge in [0, 0.05) is 24.9 Å². The first-order chi connectivity index (χ1) is 11.2. The molecule has 0 bridgehead atoms. The minimum absolute atomic E-state index is 0.0181. The Bertz CT molecular complexity index is 635. The van der Waals surface area contributed by atoms with E-state index in [2.05, 4.69) is 15.7 Å². The molecule has 0 radical (unpaired) electrons. The molecule has 122 valence electrons. The standard InChI is InChI=1S/C17H22N4O2/c1-13(16-8-5-9-23-16)20-17(22)18-10-14-11-19-21(12-14)15-6-3-2-4-7-15/h2-4,6-7,11-13,16H,5,8-10H2,1H3,(H2,18,20,22)/t13-,16+/m0/s1. The summed E-state index contributed by atoms with van der Waals surface area (Å²) < 4.78 is 7.37. The predicted molar refractivity (Wildman–Crippen MR) is 87.4 cm³/mol. The summed E-state index contributed by atoms with van der Waals surface area (Å²) >= 11 is 0. The summed E-state index contributed by atoms with van der Waals surface area (Å²) in [5.41, 5.74) is 1.95. The lowest BCUT2D eigenvalue weighted by molar-refractivity contribution is 0.0860. The number of hydrogen-bond donors (Lipinski definition) is 2. The van der Waals surface area contributed by atoms with Crippen LogP contribution in [-0.4, -0.2) is 34.6 Å². The van der Waals surface area contributed by atoms with Gasteiger partial charge in [0.1, 0.15) is 0 Å². The molecule has 0 saturated carbocycles. The Balaban J connectivity index is 1.48. The number of carbonyl (C=O) groups is 1. The van der Waals surface area contributed by atoms with E-state index >= 15 is 0 Å². The number of amides is 2. The smallest absolute Gasteiger partial charge is 0.315 e. The van der Waals surface area contributed by atoms with E-state index in [9.17, 15) is 4.79 Å². The van der Waals surface area contributed by atoms with Gasteiger partial charge in [0.2, 0.25) is 0 Å². The van der Waals surface area contributed by atoms with Crippen molar-refractivity contribution in [3.63, 3.8) is 0 Å². The van der Waals surface area contributed by atoms with Crippen molar-refractivity contribution < 1.29 is 9.53 Å². The lowest BCUT2D eigenvalue weighted by Crippen LogP contribution is -2.45. The highest BCUT2D eigenvalue weighted by Crippen LogP contribution is 2.15. The first-order valence-electron chi connectivity index (χ1n) is 7.97. The number of carbonyl (C=O) groups excluding carboxylic acids is 1. The maximum atomic E-state index is 12.0. The second-order valence-corrected chi connectivity index (χ2v) is 5.80. The molecule has 2 atom stereocenters. The fourth-order valence-electron chi connectivity index (χ4n) is 2.70. The molecule has 2 heterocycles. The molecule has 1 aliphatic heterocycles. The third-order valence-corrected chi connectivity index (χ3v) is 3.99. The zero-order chi connectivity index (χ0) is 16.1. The summed E-state index contributed by atoms with van der Waals surface area (Å²) in [4.78, 5) is 12.0. The van der Waals surface area contributed by atoms with Gasteiger partial charge >= 0.3 is 6.03 Å². The van der Waals surface area contributed by atoms with Crippen molar-refractivity contribution in [3.8, 4) is 5.69 Å². The average molecular weight is 314 g/mol. The molecule has 3 rings (SSSR count). The second-order valence-electron chi connectivity index (χ2n) is 5.80. The van der Waals surface area contributed by atoms with Crippen LogP contribution in [0.25, 0.3) is 5.69 Å². The van der Waals surface area contributed by atoms with Crippen LogP contribution in [0.4, 0.5) is 4.79 Å². The normalized spacial score (nSPS) is 18.6. The molecule has 0 unspecified atom stereocenters. The van der Waals surface area contributed by atoms with Crippen molar-refractivity contribution in [2.45, 2.75) is 38.5 Å². The highest BCUT2D eigenvalue weighted by molar-refractivity contribution is 5.74. The SMILES string of the molecule is C[C@H](NC(=O)NCc1cnn(-c2ccccc2)c1)[C@H]1CCCO1. The van der Waals surface area contributed by atoms with Crippen LogP contribution in [-0.2, 0) is 11.3 Å². The average Bonchev–Trinajstić information content (AvgIpc) is 3.25. The van der Waals surface area contributed by atoms with E-state index in [0.717, 1.165) is 30.7 Å². The minimum atomic E-state index is -0.180. The van der Waals surface area contributed by atoms with Gasteiger partial charge in [-0.3, -0.25) is 0 Å². The quantitative estimate of drug-likeness (QED) is 0.889. The lowest BCUT2D eigenvalue weighted by Gasteiger charge is -2.20. The van der Waals surface area contributed by atoms with Gasteiger partial charge in [0.05, 0.1) is 24.0 Å². The van der Waals surface area contributed by atoms with Crippen molar-refractivity contribution in [1.82, 2.24) is 20.4 Å². The van der Waals surface area contributed by atoms with Crippen molar-refractivity contribution >= 4 is 6.03 Å². The Kier molecular flexibility index (Phi) is 4.92. The van der Waals surface area contributed by atoms with E-state index in [0.29, 0.717) is 6.54 Å². The molecule has 2 amide bonds. The fourth-order valence-corrected chi connectivity index (χ4v) is 2.70. The number of nitrogens with one attached hydrogen (secondary N) is 2. The molecule has 1 aliphatic rings. The number of ether oxygens (including phenoxy) is 1. The Morgan fingerprint density at radius 3 is 3.00 bits per heavy atom. The molecule has 1 aromatic carbocycles. The summed E-state index contributed by atoms with van der Waals surface area (Å²) in [5.74, 6) is 0. The Labute approximate surface area is 135 Å². The van der Waals surface area contributed by atoms with Crippen LogP contribution in [0.5, 0.6) is 0 Å². The Hall–Kier alpha value is -2.34. The molecule has 23 heavy (non-hydrogen) atoms. The van der Waals surface area contributed by atoms with Crippen molar-refractivity contribution in [2.24, 2.45) is 0 Å². The molecule has 6 heteroatoms. The van der Waals surface area contributed by atoms with Crippen LogP contribution in [0.3, 0.4) is 0 Å². The molecule has 2 N–H and O–H groups in total. The molecule has 0 spiro atoms. The fraction of sp³-hybridized carbons (Fsp3) is 0.412. The lowest BCUT2D eigenvalue weighted by atomic mass is 10.1. The number of nitrogens with zero attached hydrogens (tertiary/aromatic N) is 2. The molecular formula is C17H22N4O2. The number of hydrogen-bond acceptors (Lipinski definition) is 3. The topological polar surface area (TPSA) is 68.2 Å². The van der Waals surface area contributed by atoms with E-state index in [-0.39, 0.29) is 18.2 Å². The van der Waals surface area contributed by atoms with Gasteiger partial charge < -0.3 is 15.4 Å². The Morgan fingerprint density at radius 1 is 1.43 bits per heavy atom. The first kappa shape index (κ1) is 15.6. The van der Waals surface area contributed by atoms with Crippen LogP contribution in [0.15, 0.2) is 42.7 Å². The van der Waals surface area contributed by atoms with Gasteiger partial charge in [-0.15, -0.1) is 0 Å². The summed E-state index contributed by atoms with van der Waals surface area (Å²) in [6.45, 7) is 3.21. The van der Waals surface area contributed by atoms with Crippen LogP contribution in [0.1, 0.15) is 25.3 Å². The van der Waals surface area contributed by atoms with Crippen LogP contribution in [0.2, 0.25) is 0 Å². The Morgan fingerprint density at radius 2 is 2.26 bits per heavy atom. The number of aromatic nitrogens is 2. The molecular weight excluding hydrogens is 292 g/mol. The van der Waals surface area contributed by atoms with E-state index in [1.165, 1.54) is 0 Å². The summed E-state index contributed by atoms with van der Waals surface area (Å²) in [6, 6.07) is 9.71.